The summed E-state index contributed by atoms with van der Waals surface area (Å²) >= 11 is -1.43. The van der Waals surface area contributed by atoms with Gasteiger partial charge in [-0.2, -0.15) is 0 Å². The standard InChI is InChI=1S/CHNS.Mn.2H2O.2O/c2-1-3;;;;;/h3H;;2*1H2;;/q;+2;;;;/p-3. The molecule has 0 aliphatic rings. The van der Waals surface area contributed by atoms with Crippen molar-refractivity contribution in [2.45, 2.75) is 0 Å². The molecule has 0 aliphatic heterocycles. The van der Waals surface area contributed by atoms with Crippen LogP contribution in [0.15, 0.2) is 0 Å². The fourth-order valence-electron chi connectivity index (χ4n) is 0. The number of rotatable bonds is 0. The Bertz CT molecular complexity index is 157. The normalized spacial score (nSPS) is 8.12. The second-order valence-corrected chi connectivity index (χ2v) is 1.98. The van der Waals surface area contributed by atoms with Gasteiger partial charge in [0.2, 0.25) is 0 Å². The number of hydrogen-bond donors (Lipinski definition) is 2. The molecular weight excluding hydrogens is 177 g/mol. The van der Waals surface area contributed by atoms with Crippen molar-refractivity contribution in [1.29, 1.82) is 5.26 Å². The quantitative estimate of drug-likeness (QED) is 0.271. The molecule has 7 heteroatoms. The Morgan fingerprint density at radius 3 is 1.50 bits per heavy atom. The van der Waals surface area contributed by atoms with Crippen molar-refractivity contribution < 1.29 is 29.4 Å². The first-order chi connectivity index (χ1) is 3.41. The van der Waals surface area contributed by atoms with Gasteiger partial charge in [0.1, 0.15) is 0 Å². The number of hydrogen-bond acceptors (Lipinski definition) is 4. The first kappa shape index (κ1) is 10.7. The zero-order valence-electron chi connectivity index (χ0n) is 3.44. The van der Waals surface area contributed by atoms with E-state index in [1.807, 2.05) is 0 Å². The van der Waals surface area contributed by atoms with Crippen LogP contribution in [0, 0.1) is 10.7 Å². The van der Waals surface area contributed by atoms with E-state index in [4.69, 9.17) is 21.3 Å². The van der Waals surface area contributed by atoms with Gasteiger partial charge in [0.15, 0.2) is 0 Å². The maximum atomic E-state index is 8.80. The van der Waals surface area contributed by atoms with Crippen LogP contribution in [0.3, 0.4) is 0 Å². The fraction of sp³-hybridized carbons (Fsp3) is 0. The minimum absolute atomic E-state index is 1.33. The fourth-order valence-corrected chi connectivity index (χ4v) is 0. The van der Waals surface area contributed by atoms with Gasteiger partial charge in [0.05, 0.1) is 0 Å². The molecule has 2 N–H and O–H groups in total. The first-order valence-electron chi connectivity index (χ1n) is 1.07. The van der Waals surface area contributed by atoms with Gasteiger partial charge in [-0.05, 0) is 0 Å². The van der Waals surface area contributed by atoms with E-state index in [0.29, 0.717) is 0 Å². The van der Waals surface area contributed by atoms with Crippen molar-refractivity contribution in [2.24, 2.45) is 0 Å². The average molecular weight is 179 g/mol. The third kappa shape index (κ3) is 2070. The number of nitriles is 1. The summed E-state index contributed by atoms with van der Waals surface area (Å²) in [6.07, 6.45) is 0. The predicted molar refractivity (Wildman–Crippen MR) is 18.8 cm³/mol. The van der Waals surface area contributed by atoms with Gasteiger partial charge >= 0.3 is 29.4 Å². The van der Waals surface area contributed by atoms with Crippen LogP contribution in [0.5, 0.6) is 0 Å². The van der Waals surface area contributed by atoms with Gasteiger partial charge in [-0.15, -0.1) is 0 Å². The zero-order valence-corrected chi connectivity index (χ0v) is 5.44. The Balaban J connectivity index is 0. The molecule has 0 spiro atoms. The summed E-state index contributed by atoms with van der Waals surface area (Å²) in [5, 5.41) is 8.47. The topological polar surface area (TPSA) is 98.4 Å². The SMILES string of the molecule is N#C[S-].[O]=[Mn](=[O])([OH])[OH]. The van der Waals surface area contributed by atoms with Crippen molar-refractivity contribution in [3.05, 3.63) is 0 Å². The molecule has 0 aromatic rings. The first-order valence-corrected chi connectivity index (χ1v) is 3.50. The number of nitrogens with zero attached hydrogens (tertiary/aromatic N) is 1. The Morgan fingerprint density at radius 2 is 1.50 bits per heavy atom. The van der Waals surface area contributed by atoms with Gasteiger partial charge in [0, 0.05) is 0 Å². The Kier molecular flexibility index (Phi) is 6.54. The van der Waals surface area contributed by atoms with Gasteiger partial charge in [-0.1, -0.05) is 5.40 Å². The molecule has 0 unspecified atom stereocenters. The van der Waals surface area contributed by atoms with E-state index in [1.54, 1.807) is 0 Å². The summed E-state index contributed by atoms with van der Waals surface area (Å²) < 4.78 is 31.8. The molecule has 0 saturated heterocycles. The summed E-state index contributed by atoms with van der Waals surface area (Å²) in [5.74, 6) is 0. The zero-order chi connectivity index (χ0) is 7.21. The van der Waals surface area contributed by atoms with Gasteiger partial charge < -0.3 is 12.6 Å². The van der Waals surface area contributed by atoms with Gasteiger partial charge in [0.25, 0.3) is 0 Å². The maximum absolute atomic E-state index is 8.80. The third-order valence-electron chi connectivity index (χ3n) is 0. The molecule has 0 heterocycles. The summed E-state index contributed by atoms with van der Waals surface area (Å²) in [4.78, 5) is 0. The van der Waals surface area contributed by atoms with E-state index in [1.165, 1.54) is 5.40 Å². The van der Waals surface area contributed by atoms with E-state index in [-0.39, 0.29) is 0 Å². The van der Waals surface area contributed by atoms with Gasteiger partial charge in [-0.3, -0.25) is 0 Å². The van der Waals surface area contributed by atoms with Crippen molar-refractivity contribution in [3.8, 4) is 5.40 Å². The average Bonchev–Trinajstić information content (AvgIpc) is 1.27. The van der Waals surface area contributed by atoms with Crippen LogP contribution in [0.4, 0.5) is 0 Å². The summed E-state index contributed by atoms with van der Waals surface area (Å²) in [7, 11) is 0. The van der Waals surface area contributed by atoms with Crippen LogP contribution >= 0.6 is 0 Å². The molecule has 0 amide bonds. The second-order valence-electron chi connectivity index (χ2n) is 0.506. The second kappa shape index (κ2) is 4.90. The minimum atomic E-state index is -5.12. The van der Waals surface area contributed by atoms with Crippen molar-refractivity contribution in [2.75, 3.05) is 0 Å². The van der Waals surface area contributed by atoms with Crippen molar-refractivity contribution in [3.63, 3.8) is 0 Å². The van der Waals surface area contributed by atoms with Crippen LogP contribution in [-0.2, 0) is 33.7 Å². The Hall–Kier alpha value is -0.251. The third-order valence-corrected chi connectivity index (χ3v) is 0. The molecule has 8 heavy (non-hydrogen) atoms. The molecule has 0 aliphatic carbocycles. The molecule has 5 nitrogen and oxygen atoms in total. The molecule has 0 aromatic carbocycles. The van der Waals surface area contributed by atoms with Crippen LogP contribution in [0.25, 0.3) is 0 Å². The van der Waals surface area contributed by atoms with Crippen LogP contribution in [-0.4, -0.2) is 8.38 Å². The number of thiocyanates is 1. The predicted octanol–water partition coefficient (Wildman–Crippen LogP) is -1.34. The van der Waals surface area contributed by atoms with E-state index in [0.717, 1.165) is 0 Å². The molecule has 0 saturated carbocycles. The van der Waals surface area contributed by atoms with Crippen molar-refractivity contribution in [1.82, 2.24) is 0 Å². The summed E-state index contributed by atoms with van der Waals surface area (Å²) in [6.45, 7) is 0. The monoisotopic (exact) mass is 179 g/mol. The van der Waals surface area contributed by atoms with E-state index >= 15 is 0 Å². The molecule has 0 rings (SSSR count). The van der Waals surface area contributed by atoms with Crippen molar-refractivity contribution >= 4 is 12.6 Å². The molecule has 49 valence electrons. The summed E-state index contributed by atoms with van der Waals surface area (Å²) in [5.41, 5.74) is 0. The van der Waals surface area contributed by atoms with Gasteiger partial charge in [-0.25, -0.2) is 5.26 Å². The van der Waals surface area contributed by atoms with E-state index in [9.17, 15) is 0 Å². The molecule has 0 bridgehead atoms. The molecule has 0 fully saturated rings. The Labute approximate surface area is 53.2 Å². The molecule has 0 atom stereocenters. The van der Waals surface area contributed by atoms with E-state index in [2.05, 4.69) is 12.6 Å². The summed E-state index contributed by atoms with van der Waals surface area (Å²) in [6, 6.07) is 0. The van der Waals surface area contributed by atoms with Crippen LogP contribution < -0.4 is 0 Å². The molecule has 0 aromatic heterocycles. The Morgan fingerprint density at radius 1 is 1.50 bits per heavy atom. The molecular formula is CH2MnNO4S-. The van der Waals surface area contributed by atoms with Crippen LogP contribution in [0.1, 0.15) is 0 Å². The molecule has 0 radical (unpaired) electrons. The van der Waals surface area contributed by atoms with Crippen LogP contribution in [0.2, 0.25) is 0 Å². The van der Waals surface area contributed by atoms with E-state index < -0.39 is 13.4 Å².